The van der Waals surface area contributed by atoms with E-state index in [2.05, 4.69) is 4.98 Å². The number of ketones is 2. The first-order valence-corrected chi connectivity index (χ1v) is 10.6. The third kappa shape index (κ3) is 4.22. The van der Waals surface area contributed by atoms with Gasteiger partial charge >= 0.3 is 0 Å². The van der Waals surface area contributed by atoms with Gasteiger partial charge in [0.2, 0.25) is 5.78 Å². The van der Waals surface area contributed by atoms with Crippen molar-refractivity contribution in [1.82, 2.24) is 9.88 Å². The summed E-state index contributed by atoms with van der Waals surface area (Å²) in [6, 6.07) is 14.3. The minimum Gasteiger partial charge on any atom is -0.497 e. The average molecular weight is 460 g/mol. The highest BCUT2D eigenvalue weighted by Gasteiger charge is 2.51. The van der Waals surface area contributed by atoms with Crippen LogP contribution in [0.1, 0.15) is 27.5 Å². The van der Waals surface area contributed by atoms with Gasteiger partial charge in [0.05, 0.1) is 27.4 Å². The molecule has 8 heteroatoms. The summed E-state index contributed by atoms with van der Waals surface area (Å²) in [5.74, 6) is -1.56. The Morgan fingerprint density at radius 2 is 1.56 bits per heavy atom. The predicted octanol–water partition coefficient (Wildman–Crippen LogP) is 3.26. The number of carbonyl (C=O) groups excluding carboxylic acids is 3. The highest BCUT2D eigenvalue weighted by atomic mass is 16.5. The normalized spacial score (nSPS) is 17.6. The van der Waals surface area contributed by atoms with Crippen molar-refractivity contribution >= 4 is 17.5 Å². The van der Waals surface area contributed by atoms with E-state index >= 15 is 0 Å². The average Bonchev–Trinajstić information content (AvgIpc) is 3.13. The third-order valence-electron chi connectivity index (χ3n) is 5.91. The maximum atomic E-state index is 13.6. The molecule has 0 saturated carbocycles. The lowest BCUT2D eigenvalue weighted by atomic mass is 9.86. The van der Waals surface area contributed by atoms with Crippen molar-refractivity contribution in [3.8, 4) is 17.2 Å². The van der Waals surface area contributed by atoms with E-state index in [0.29, 0.717) is 28.4 Å². The quantitative estimate of drug-likeness (QED) is 0.289. The molecule has 2 atom stereocenters. The molecule has 0 bridgehead atoms. The Balaban J connectivity index is 1.80. The molecule has 1 aliphatic heterocycles. The fourth-order valence-electron chi connectivity index (χ4n) is 4.19. The Kier molecular flexibility index (Phi) is 6.58. The first-order chi connectivity index (χ1) is 16.5. The number of benzene rings is 2. The van der Waals surface area contributed by atoms with Gasteiger partial charge in [-0.3, -0.25) is 19.4 Å². The molecular weight excluding hydrogens is 436 g/mol. The molecule has 1 amide bonds. The topological polar surface area (TPSA) is 95.0 Å². The number of Topliss-reactive ketones (excluding diaryl/α,β-unsaturated/α-hetero) is 2. The number of carbonyl (C=O) groups is 3. The summed E-state index contributed by atoms with van der Waals surface area (Å²) in [6.07, 6.45) is 3.23. The van der Waals surface area contributed by atoms with Gasteiger partial charge < -0.3 is 19.1 Å². The summed E-state index contributed by atoms with van der Waals surface area (Å²) in [5.41, 5.74) is 1.71. The van der Waals surface area contributed by atoms with Gasteiger partial charge in [-0.25, -0.2) is 0 Å². The molecule has 3 aromatic rings. The first kappa shape index (κ1) is 23.0. The number of amides is 1. The summed E-state index contributed by atoms with van der Waals surface area (Å²) < 4.78 is 15.9. The van der Waals surface area contributed by atoms with Crippen LogP contribution in [-0.4, -0.2) is 48.7 Å². The van der Waals surface area contributed by atoms with E-state index in [1.807, 2.05) is 0 Å². The molecule has 0 radical (unpaired) electrons. The molecule has 0 aliphatic carbocycles. The Labute approximate surface area is 197 Å². The van der Waals surface area contributed by atoms with E-state index in [9.17, 15) is 14.4 Å². The number of pyridine rings is 1. The second kappa shape index (κ2) is 9.74. The minimum atomic E-state index is -1.21. The van der Waals surface area contributed by atoms with Crippen molar-refractivity contribution in [2.24, 2.45) is 5.92 Å². The molecule has 174 valence electrons. The lowest BCUT2D eigenvalue weighted by Crippen LogP contribution is -2.30. The van der Waals surface area contributed by atoms with Gasteiger partial charge in [0.1, 0.15) is 11.7 Å². The number of ether oxygens (including phenoxy) is 3. The predicted molar refractivity (Wildman–Crippen MR) is 123 cm³/mol. The molecule has 1 aromatic heterocycles. The number of hydrogen-bond donors (Lipinski definition) is 0. The number of aromatic nitrogens is 1. The molecular formula is C26H24N2O6. The molecule has 2 unspecified atom stereocenters. The van der Waals surface area contributed by atoms with Crippen molar-refractivity contribution in [3.63, 3.8) is 0 Å². The smallest absolute Gasteiger partial charge is 0.291 e. The number of methoxy groups -OCH3 is 3. The number of rotatable bonds is 8. The molecule has 2 aromatic carbocycles. The molecule has 34 heavy (non-hydrogen) atoms. The van der Waals surface area contributed by atoms with Gasteiger partial charge in [0.25, 0.3) is 5.91 Å². The summed E-state index contributed by atoms with van der Waals surface area (Å²) in [5, 5.41) is 0. The van der Waals surface area contributed by atoms with Crippen molar-refractivity contribution < 1.29 is 28.6 Å². The van der Waals surface area contributed by atoms with Gasteiger partial charge in [-0.1, -0.05) is 6.07 Å². The lowest BCUT2D eigenvalue weighted by Gasteiger charge is -2.28. The van der Waals surface area contributed by atoms with Gasteiger partial charge in [0, 0.05) is 24.5 Å². The Bertz CT molecular complexity index is 1210. The summed E-state index contributed by atoms with van der Waals surface area (Å²) >= 11 is 0. The number of nitrogens with zero attached hydrogens (tertiary/aromatic N) is 2. The maximum absolute atomic E-state index is 13.6. The second-order valence-corrected chi connectivity index (χ2v) is 7.78. The van der Waals surface area contributed by atoms with E-state index in [0.717, 1.165) is 5.56 Å². The second-order valence-electron chi connectivity index (χ2n) is 7.78. The first-order valence-electron chi connectivity index (χ1n) is 10.6. The molecule has 4 rings (SSSR count). The third-order valence-corrected chi connectivity index (χ3v) is 5.91. The Morgan fingerprint density at radius 3 is 2.18 bits per heavy atom. The lowest BCUT2D eigenvalue weighted by molar-refractivity contribution is -0.141. The van der Waals surface area contributed by atoms with Crippen LogP contribution in [0.3, 0.4) is 0 Å². The van der Waals surface area contributed by atoms with Crippen LogP contribution in [0, 0.1) is 5.92 Å². The van der Waals surface area contributed by atoms with Crippen molar-refractivity contribution in [2.75, 3.05) is 21.3 Å². The molecule has 1 saturated heterocycles. The van der Waals surface area contributed by atoms with E-state index in [4.69, 9.17) is 14.2 Å². The standard InChI is InChI=1S/C26H24N2O6/c1-32-19-7-4-17(5-8-19)24(29)22-23(18-6-9-20(33-2)21(14-18)34-3)28(26(31)25(22)30)15-16-10-12-27-13-11-16/h4-14,22-23H,15H2,1-3H3. The zero-order valence-corrected chi connectivity index (χ0v) is 19.1. The number of likely N-dealkylation sites (tertiary alicyclic amines) is 1. The molecule has 8 nitrogen and oxygen atoms in total. The molecule has 1 fully saturated rings. The van der Waals surface area contributed by atoms with Gasteiger partial charge in [0.15, 0.2) is 17.3 Å². The maximum Gasteiger partial charge on any atom is 0.291 e. The van der Waals surface area contributed by atoms with Crippen molar-refractivity contribution in [1.29, 1.82) is 0 Å². The SMILES string of the molecule is COc1ccc(C(=O)C2C(=O)C(=O)N(Cc3ccncc3)C2c2ccc(OC)c(OC)c2)cc1. The summed E-state index contributed by atoms with van der Waals surface area (Å²) in [7, 11) is 4.55. The zero-order chi connectivity index (χ0) is 24.2. The van der Waals surface area contributed by atoms with E-state index in [-0.39, 0.29) is 6.54 Å². The van der Waals surface area contributed by atoms with Crippen LogP contribution in [-0.2, 0) is 16.1 Å². The monoisotopic (exact) mass is 460 g/mol. The zero-order valence-electron chi connectivity index (χ0n) is 19.1. The fraction of sp³-hybridized carbons (Fsp3) is 0.231. The van der Waals surface area contributed by atoms with Crippen LogP contribution in [0.15, 0.2) is 67.0 Å². The van der Waals surface area contributed by atoms with Gasteiger partial charge in [-0.2, -0.15) is 0 Å². The number of hydrogen-bond acceptors (Lipinski definition) is 7. The van der Waals surface area contributed by atoms with Crippen molar-refractivity contribution in [3.05, 3.63) is 83.7 Å². The Morgan fingerprint density at radius 1 is 0.882 bits per heavy atom. The van der Waals surface area contributed by atoms with Crippen LogP contribution in [0.4, 0.5) is 0 Å². The molecule has 0 spiro atoms. The fourth-order valence-corrected chi connectivity index (χ4v) is 4.19. The highest BCUT2D eigenvalue weighted by Crippen LogP contribution is 2.42. The molecule has 1 aliphatic rings. The minimum absolute atomic E-state index is 0.151. The van der Waals surface area contributed by atoms with Crippen LogP contribution < -0.4 is 14.2 Å². The summed E-state index contributed by atoms with van der Waals surface area (Å²) in [4.78, 5) is 45.3. The van der Waals surface area contributed by atoms with Crippen LogP contribution >= 0.6 is 0 Å². The van der Waals surface area contributed by atoms with Crippen LogP contribution in [0.25, 0.3) is 0 Å². The summed E-state index contributed by atoms with van der Waals surface area (Å²) in [6.45, 7) is 0.151. The van der Waals surface area contributed by atoms with E-state index in [1.54, 1.807) is 67.0 Å². The van der Waals surface area contributed by atoms with Crippen LogP contribution in [0.5, 0.6) is 17.2 Å². The van der Waals surface area contributed by atoms with Gasteiger partial charge in [-0.15, -0.1) is 0 Å². The van der Waals surface area contributed by atoms with E-state index in [1.165, 1.54) is 26.2 Å². The largest absolute Gasteiger partial charge is 0.497 e. The van der Waals surface area contributed by atoms with E-state index < -0.39 is 29.4 Å². The molecule has 0 N–H and O–H groups in total. The van der Waals surface area contributed by atoms with Crippen LogP contribution in [0.2, 0.25) is 0 Å². The highest BCUT2D eigenvalue weighted by molar-refractivity contribution is 6.44. The Hall–Kier alpha value is -4.20. The van der Waals surface area contributed by atoms with Crippen molar-refractivity contribution in [2.45, 2.75) is 12.6 Å². The molecule has 2 heterocycles. The van der Waals surface area contributed by atoms with Gasteiger partial charge in [-0.05, 0) is 59.7 Å².